The Labute approximate surface area is 78.0 Å². The minimum absolute atomic E-state index is 0.513. The number of nitrogens with zero attached hydrogens (tertiary/aromatic N) is 3. The second-order valence-corrected chi connectivity index (χ2v) is 3.33. The van der Waals surface area contributed by atoms with Gasteiger partial charge in [-0.25, -0.2) is 5.84 Å². The number of benzene rings is 1. The van der Waals surface area contributed by atoms with Gasteiger partial charge in [0.15, 0.2) is 0 Å². The lowest BCUT2D eigenvalue weighted by molar-refractivity contribution is 0.118. The van der Waals surface area contributed by atoms with Gasteiger partial charge >= 0.3 is 0 Å². The first-order valence-electron chi connectivity index (χ1n) is 3.78. The highest BCUT2D eigenvalue weighted by molar-refractivity contribution is 7.00. The van der Waals surface area contributed by atoms with Crippen LogP contribution in [-0.4, -0.2) is 8.75 Å². The van der Waals surface area contributed by atoms with Crippen LogP contribution in [0.25, 0.3) is 11.0 Å². The predicted octanol–water partition coefficient (Wildman–Crippen LogP) is 0.817. The summed E-state index contributed by atoms with van der Waals surface area (Å²) in [7, 11) is 0. The molecule has 3 rings (SSSR count). The molecule has 0 amide bonds. The van der Waals surface area contributed by atoms with E-state index in [0.29, 0.717) is 6.61 Å². The van der Waals surface area contributed by atoms with Gasteiger partial charge in [0, 0.05) is 5.56 Å². The van der Waals surface area contributed by atoms with Crippen LogP contribution in [0.15, 0.2) is 12.1 Å². The third-order valence-corrected chi connectivity index (χ3v) is 2.61. The topological polar surface area (TPSA) is 64.3 Å². The maximum atomic E-state index is 5.62. The van der Waals surface area contributed by atoms with Gasteiger partial charge in [-0.15, -0.1) is 0 Å². The Kier molecular flexibility index (Phi) is 1.32. The zero-order valence-electron chi connectivity index (χ0n) is 6.60. The van der Waals surface area contributed by atoms with E-state index in [4.69, 9.17) is 10.7 Å². The molecule has 0 saturated heterocycles. The molecule has 5 nitrogen and oxygen atoms in total. The number of hydrogen-bond acceptors (Lipinski definition) is 6. The van der Waals surface area contributed by atoms with Gasteiger partial charge in [-0.05, 0) is 6.07 Å². The highest BCUT2D eigenvalue weighted by atomic mass is 32.1. The van der Waals surface area contributed by atoms with Crippen molar-refractivity contribution < 1.29 is 4.84 Å². The fraction of sp³-hybridized carbons (Fsp3) is 0.143. The van der Waals surface area contributed by atoms with Crippen molar-refractivity contribution in [2.45, 2.75) is 6.61 Å². The summed E-state index contributed by atoms with van der Waals surface area (Å²) in [6.07, 6.45) is 0. The van der Waals surface area contributed by atoms with Crippen molar-refractivity contribution in [2.24, 2.45) is 5.84 Å². The van der Waals surface area contributed by atoms with Crippen LogP contribution in [0.4, 0.5) is 5.69 Å². The van der Waals surface area contributed by atoms with E-state index in [1.54, 1.807) is 0 Å². The Hall–Kier alpha value is -1.24. The summed E-state index contributed by atoms with van der Waals surface area (Å²) in [5.41, 5.74) is 3.58. The Morgan fingerprint density at radius 3 is 3.31 bits per heavy atom. The fourth-order valence-corrected chi connectivity index (χ4v) is 1.98. The molecule has 6 heteroatoms. The first kappa shape index (κ1) is 7.19. The average Bonchev–Trinajstić information content (AvgIpc) is 2.70. The molecular formula is C7H6N4OS. The van der Waals surface area contributed by atoms with Gasteiger partial charge in [-0.1, -0.05) is 6.07 Å². The molecule has 0 unspecified atom stereocenters. The maximum Gasteiger partial charge on any atom is 0.132 e. The van der Waals surface area contributed by atoms with Crippen LogP contribution in [0.2, 0.25) is 0 Å². The highest BCUT2D eigenvalue weighted by Crippen LogP contribution is 2.33. The smallest absolute Gasteiger partial charge is 0.132 e. The molecule has 0 saturated carbocycles. The number of aromatic nitrogens is 2. The van der Waals surface area contributed by atoms with E-state index in [9.17, 15) is 0 Å². The molecule has 0 atom stereocenters. The predicted molar refractivity (Wildman–Crippen MR) is 48.9 cm³/mol. The number of rotatable bonds is 0. The molecule has 2 aromatic rings. The second-order valence-electron chi connectivity index (χ2n) is 2.80. The summed E-state index contributed by atoms with van der Waals surface area (Å²) in [5, 5.41) is 1.26. The van der Waals surface area contributed by atoms with Crippen LogP contribution >= 0.6 is 11.7 Å². The van der Waals surface area contributed by atoms with Crippen LogP contribution in [-0.2, 0) is 11.4 Å². The van der Waals surface area contributed by atoms with Crippen LogP contribution in [0, 0.1) is 0 Å². The zero-order valence-corrected chi connectivity index (χ0v) is 7.41. The van der Waals surface area contributed by atoms with Crippen LogP contribution in [0.1, 0.15) is 5.56 Å². The molecule has 1 aromatic heterocycles. The Balaban J connectivity index is 2.42. The molecule has 0 bridgehead atoms. The first-order chi connectivity index (χ1) is 6.36. The Bertz CT molecular complexity index is 468. The third kappa shape index (κ3) is 0.873. The van der Waals surface area contributed by atoms with Gasteiger partial charge in [0.25, 0.3) is 0 Å². The number of fused-ring (bicyclic) bond motifs is 3. The Morgan fingerprint density at radius 1 is 1.46 bits per heavy atom. The summed E-state index contributed by atoms with van der Waals surface area (Å²) in [5.74, 6) is 5.62. The van der Waals surface area contributed by atoms with E-state index >= 15 is 0 Å². The fourth-order valence-electron chi connectivity index (χ4n) is 1.45. The second kappa shape index (κ2) is 2.38. The number of hydrazine groups is 1. The maximum absolute atomic E-state index is 5.62. The van der Waals surface area contributed by atoms with Crippen molar-refractivity contribution in [2.75, 3.05) is 5.17 Å². The molecule has 0 radical (unpaired) electrons. The van der Waals surface area contributed by atoms with E-state index in [2.05, 4.69) is 8.75 Å². The molecule has 0 spiro atoms. The van der Waals surface area contributed by atoms with Gasteiger partial charge in [0.2, 0.25) is 0 Å². The molecule has 2 N–H and O–H groups in total. The van der Waals surface area contributed by atoms with Crippen molar-refractivity contribution in [1.82, 2.24) is 8.75 Å². The molecule has 66 valence electrons. The lowest BCUT2D eigenvalue weighted by Gasteiger charge is -2.08. The van der Waals surface area contributed by atoms with Crippen molar-refractivity contribution in [3.63, 3.8) is 0 Å². The standard InChI is InChI=1S/C7H6N4OS/c8-11-7-4(3-12-11)1-2-5-6(7)10-13-9-5/h1-2H,3,8H2. The van der Waals surface area contributed by atoms with Gasteiger partial charge < -0.3 is 0 Å². The molecule has 0 fully saturated rings. The lowest BCUT2D eigenvalue weighted by Crippen LogP contribution is -2.26. The summed E-state index contributed by atoms with van der Waals surface area (Å²) in [4.78, 5) is 5.15. The molecule has 1 aliphatic heterocycles. The largest absolute Gasteiger partial charge is 0.253 e. The normalized spacial score (nSPS) is 15.3. The molecule has 13 heavy (non-hydrogen) atoms. The van der Waals surface area contributed by atoms with E-state index in [0.717, 1.165) is 22.3 Å². The van der Waals surface area contributed by atoms with Crippen molar-refractivity contribution in [3.05, 3.63) is 17.7 Å². The minimum Gasteiger partial charge on any atom is -0.253 e. The van der Waals surface area contributed by atoms with E-state index in [1.807, 2.05) is 12.1 Å². The quantitative estimate of drug-likeness (QED) is 0.629. The van der Waals surface area contributed by atoms with E-state index < -0.39 is 0 Å². The Morgan fingerprint density at radius 2 is 2.38 bits per heavy atom. The van der Waals surface area contributed by atoms with Crippen LogP contribution in [0.3, 0.4) is 0 Å². The number of anilines is 1. The molecule has 1 aromatic carbocycles. The summed E-state index contributed by atoms with van der Waals surface area (Å²) in [6.45, 7) is 0.513. The van der Waals surface area contributed by atoms with Gasteiger partial charge in [0.05, 0.1) is 11.7 Å². The molecular weight excluding hydrogens is 188 g/mol. The monoisotopic (exact) mass is 194 g/mol. The highest BCUT2D eigenvalue weighted by Gasteiger charge is 2.22. The van der Waals surface area contributed by atoms with Gasteiger partial charge in [-0.3, -0.25) is 4.84 Å². The lowest BCUT2D eigenvalue weighted by atomic mass is 10.2. The summed E-state index contributed by atoms with van der Waals surface area (Å²) < 4.78 is 8.29. The first-order valence-corrected chi connectivity index (χ1v) is 4.51. The zero-order chi connectivity index (χ0) is 8.84. The number of hydrogen-bond donors (Lipinski definition) is 1. The SMILES string of the molecule is NN1OCc2ccc3nsnc3c21. The van der Waals surface area contributed by atoms with E-state index in [-0.39, 0.29) is 0 Å². The minimum atomic E-state index is 0.513. The average molecular weight is 194 g/mol. The van der Waals surface area contributed by atoms with Crippen molar-refractivity contribution in [1.29, 1.82) is 0 Å². The van der Waals surface area contributed by atoms with Crippen LogP contribution < -0.4 is 11.0 Å². The summed E-state index contributed by atoms with van der Waals surface area (Å²) >= 11 is 1.18. The molecule has 2 heterocycles. The molecule has 0 aliphatic carbocycles. The van der Waals surface area contributed by atoms with Gasteiger partial charge in [-0.2, -0.15) is 13.9 Å². The molecule has 1 aliphatic rings. The number of nitrogens with two attached hydrogens (primary N) is 1. The summed E-state index contributed by atoms with van der Waals surface area (Å²) in [6, 6.07) is 3.89. The van der Waals surface area contributed by atoms with Crippen molar-refractivity contribution >= 4 is 28.4 Å². The third-order valence-electron chi connectivity index (χ3n) is 2.06. The van der Waals surface area contributed by atoms with Gasteiger partial charge in [0.1, 0.15) is 23.3 Å². The van der Waals surface area contributed by atoms with E-state index in [1.165, 1.54) is 16.9 Å². The van der Waals surface area contributed by atoms with Crippen LogP contribution in [0.5, 0.6) is 0 Å². The van der Waals surface area contributed by atoms with Crippen molar-refractivity contribution in [3.8, 4) is 0 Å².